The quantitative estimate of drug-likeness (QED) is 0.582. The largest absolute Gasteiger partial charge is 0.444 e. The van der Waals surface area contributed by atoms with Crippen LogP contribution in [0, 0.1) is 0 Å². The number of ketones is 2. The van der Waals surface area contributed by atoms with Gasteiger partial charge in [0.1, 0.15) is 5.60 Å². The van der Waals surface area contributed by atoms with Crippen molar-refractivity contribution in [1.29, 1.82) is 0 Å². The average Bonchev–Trinajstić information content (AvgIpc) is 2.28. The van der Waals surface area contributed by atoms with E-state index in [1.807, 2.05) is 0 Å². The standard InChI is InChI=1S/C11H17NO4/c1-11(2,3)16-10(15)12-6-4-8(13)9(14)5-7-12/h4-7H2,1-3H3. The molecule has 0 saturated carbocycles. The Hall–Kier alpha value is -1.39. The van der Waals surface area contributed by atoms with Gasteiger partial charge in [-0.2, -0.15) is 0 Å². The lowest BCUT2D eigenvalue weighted by Gasteiger charge is -2.25. The maximum atomic E-state index is 11.7. The van der Waals surface area contributed by atoms with Crippen LogP contribution < -0.4 is 0 Å². The third-order valence-corrected chi connectivity index (χ3v) is 2.18. The molecule has 0 aromatic carbocycles. The summed E-state index contributed by atoms with van der Waals surface area (Å²) in [6.07, 6.45) is -0.272. The third-order valence-electron chi connectivity index (χ3n) is 2.18. The fourth-order valence-corrected chi connectivity index (χ4v) is 1.37. The number of ether oxygens (including phenoxy) is 1. The second kappa shape index (κ2) is 4.63. The van der Waals surface area contributed by atoms with Crippen LogP contribution in [0.4, 0.5) is 4.79 Å². The summed E-state index contributed by atoms with van der Waals surface area (Å²) in [5.74, 6) is -0.794. The predicted octanol–water partition coefficient (Wildman–Crippen LogP) is 1.16. The normalized spacial score (nSPS) is 18.3. The second-order valence-electron chi connectivity index (χ2n) is 4.81. The monoisotopic (exact) mass is 227 g/mol. The molecule has 0 aromatic heterocycles. The molecule has 1 rings (SSSR count). The molecule has 1 aliphatic rings. The number of carbonyl (C=O) groups is 3. The van der Waals surface area contributed by atoms with E-state index in [9.17, 15) is 14.4 Å². The molecule has 0 N–H and O–H groups in total. The molecule has 0 aromatic rings. The van der Waals surface area contributed by atoms with Gasteiger partial charge < -0.3 is 9.64 Å². The lowest BCUT2D eigenvalue weighted by molar-refractivity contribution is -0.135. The Morgan fingerprint density at radius 1 is 1.12 bits per heavy atom. The minimum absolute atomic E-state index is 0.0953. The summed E-state index contributed by atoms with van der Waals surface area (Å²) < 4.78 is 5.17. The van der Waals surface area contributed by atoms with Gasteiger partial charge in [-0.25, -0.2) is 4.79 Å². The molecule has 0 aliphatic carbocycles. The van der Waals surface area contributed by atoms with Crippen molar-refractivity contribution in [2.24, 2.45) is 0 Å². The first-order chi connectivity index (χ1) is 7.29. The highest BCUT2D eigenvalue weighted by Crippen LogP contribution is 2.12. The number of hydrogen-bond donors (Lipinski definition) is 0. The van der Waals surface area contributed by atoms with E-state index in [0.717, 1.165) is 0 Å². The summed E-state index contributed by atoms with van der Waals surface area (Å²) in [4.78, 5) is 35.3. The number of carbonyl (C=O) groups excluding carboxylic acids is 3. The van der Waals surface area contributed by atoms with E-state index in [1.54, 1.807) is 20.8 Å². The highest BCUT2D eigenvalue weighted by molar-refractivity contribution is 6.37. The van der Waals surface area contributed by atoms with E-state index < -0.39 is 23.3 Å². The molecule has 1 heterocycles. The summed E-state index contributed by atoms with van der Waals surface area (Å²) in [6.45, 7) is 5.86. The molecule has 0 atom stereocenters. The number of nitrogens with zero attached hydrogens (tertiary/aromatic N) is 1. The molecule has 0 spiro atoms. The van der Waals surface area contributed by atoms with Gasteiger partial charge in [-0.15, -0.1) is 0 Å². The topological polar surface area (TPSA) is 63.7 Å². The Morgan fingerprint density at radius 2 is 1.56 bits per heavy atom. The average molecular weight is 227 g/mol. The van der Waals surface area contributed by atoms with Crippen LogP contribution in [-0.4, -0.2) is 41.3 Å². The van der Waals surface area contributed by atoms with Crippen molar-refractivity contribution < 1.29 is 19.1 Å². The van der Waals surface area contributed by atoms with Crippen LogP contribution in [-0.2, 0) is 14.3 Å². The zero-order valence-electron chi connectivity index (χ0n) is 9.91. The molecule has 1 amide bonds. The lowest BCUT2D eigenvalue weighted by Crippen LogP contribution is -2.37. The summed E-state index contributed by atoms with van der Waals surface area (Å²) in [5.41, 5.74) is -0.558. The molecular weight excluding hydrogens is 210 g/mol. The summed E-state index contributed by atoms with van der Waals surface area (Å²) in [5, 5.41) is 0. The molecule has 1 aliphatic heterocycles. The SMILES string of the molecule is CC(C)(C)OC(=O)N1CCC(=O)C(=O)CC1. The molecule has 90 valence electrons. The van der Waals surface area contributed by atoms with Gasteiger partial charge in [-0.3, -0.25) is 9.59 Å². The zero-order chi connectivity index (χ0) is 12.3. The Bertz CT molecular complexity index is 298. The molecule has 1 saturated heterocycles. The van der Waals surface area contributed by atoms with Crippen molar-refractivity contribution in [2.75, 3.05) is 13.1 Å². The smallest absolute Gasteiger partial charge is 0.410 e. The van der Waals surface area contributed by atoms with Crippen molar-refractivity contribution >= 4 is 17.7 Å². The fraction of sp³-hybridized carbons (Fsp3) is 0.727. The molecule has 0 bridgehead atoms. The van der Waals surface area contributed by atoms with Crippen molar-refractivity contribution in [3.05, 3.63) is 0 Å². The van der Waals surface area contributed by atoms with Gasteiger partial charge in [0.05, 0.1) is 0 Å². The molecule has 1 fully saturated rings. The van der Waals surface area contributed by atoms with E-state index in [0.29, 0.717) is 0 Å². The maximum absolute atomic E-state index is 11.7. The highest BCUT2D eigenvalue weighted by atomic mass is 16.6. The Labute approximate surface area is 94.7 Å². The van der Waals surface area contributed by atoms with Crippen molar-refractivity contribution in [1.82, 2.24) is 4.90 Å². The number of Topliss-reactive ketones (excluding diaryl/α,β-unsaturated/α-hetero) is 2. The van der Waals surface area contributed by atoms with Crippen LogP contribution >= 0.6 is 0 Å². The molecule has 0 radical (unpaired) electrons. The van der Waals surface area contributed by atoms with Gasteiger partial charge >= 0.3 is 6.09 Å². The van der Waals surface area contributed by atoms with Crippen molar-refractivity contribution in [2.45, 2.75) is 39.2 Å². The van der Waals surface area contributed by atoms with E-state index in [-0.39, 0.29) is 25.9 Å². The van der Waals surface area contributed by atoms with Gasteiger partial charge in [0.15, 0.2) is 11.6 Å². The fourth-order valence-electron chi connectivity index (χ4n) is 1.37. The number of likely N-dealkylation sites (tertiary alicyclic amines) is 1. The van der Waals surface area contributed by atoms with Gasteiger partial charge in [0.2, 0.25) is 0 Å². The summed E-state index contributed by atoms with van der Waals surface area (Å²) in [6, 6.07) is 0. The van der Waals surface area contributed by atoms with Crippen LogP contribution in [0.1, 0.15) is 33.6 Å². The van der Waals surface area contributed by atoms with E-state index in [4.69, 9.17) is 4.74 Å². The van der Waals surface area contributed by atoms with Crippen molar-refractivity contribution in [3.8, 4) is 0 Å². The number of hydrogen-bond acceptors (Lipinski definition) is 4. The van der Waals surface area contributed by atoms with Gasteiger partial charge in [-0.1, -0.05) is 0 Å². The third kappa shape index (κ3) is 3.64. The predicted molar refractivity (Wildman–Crippen MR) is 57.1 cm³/mol. The molecule has 16 heavy (non-hydrogen) atoms. The summed E-state index contributed by atoms with van der Waals surface area (Å²) >= 11 is 0. The minimum Gasteiger partial charge on any atom is -0.444 e. The van der Waals surface area contributed by atoms with Gasteiger partial charge in [0.25, 0.3) is 0 Å². The summed E-state index contributed by atoms with van der Waals surface area (Å²) in [7, 11) is 0. The Morgan fingerprint density at radius 3 is 1.94 bits per heavy atom. The first kappa shape index (κ1) is 12.7. The van der Waals surface area contributed by atoms with Crippen LogP contribution in [0.25, 0.3) is 0 Å². The van der Waals surface area contributed by atoms with Crippen LogP contribution in [0.2, 0.25) is 0 Å². The lowest BCUT2D eigenvalue weighted by atomic mass is 10.2. The van der Waals surface area contributed by atoms with Gasteiger partial charge in [0, 0.05) is 25.9 Å². The molecule has 5 nitrogen and oxygen atoms in total. The van der Waals surface area contributed by atoms with E-state index >= 15 is 0 Å². The van der Waals surface area contributed by atoms with Crippen LogP contribution in [0.3, 0.4) is 0 Å². The van der Waals surface area contributed by atoms with E-state index in [2.05, 4.69) is 0 Å². The van der Waals surface area contributed by atoms with Crippen LogP contribution in [0.5, 0.6) is 0 Å². The zero-order valence-corrected chi connectivity index (χ0v) is 9.91. The highest BCUT2D eigenvalue weighted by Gasteiger charge is 2.27. The molecular formula is C11H17NO4. The van der Waals surface area contributed by atoms with E-state index in [1.165, 1.54) is 4.90 Å². The molecule has 0 unspecified atom stereocenters. The number of rotatable bonds is 0. The maximum Gasteiger partial charge on any atom is 0.410 e. The van der Waals surface area contributed by atoms with Crippen molar-refractivity contribution in [3.63, 3.8) is 0 Å². The first-order valence-corrected chi connectivity index (χ1v) is 5.33. The second-order valence-corrected chi connectivity index (χ2v) is 4.81. The van der Waals surface area contributed by atoms with Crippen LogP contribution in [0.15, 0.2) is 0 Å². The van der Waals surface area contributed by atoms with Gasteiger partial charge in [-0.05, 0) is 20.8 Å². The first-order valence-electron chi connectivity index (χ1n) is 5.33. The Kier molecular flexibility index (Phi) is 3.67. The molecule has 5 heteroatoms. The number of amides is 1. The minimum atomic E-state index is -0.558. The Balaban J connectivity index is 2.58.